The molecule has 0 radical (unpaired) electrons. The minimum Gasteiger partial charge on any atom is -0.376 e. The van der Waals surface area contributed by atoms with Crippen molar-refractivity contribution in [3.05, 3.63) is 35.4 Å². The summed E-state index contributed by atoms with van der Waals surface area (Å²) in [6.07, 6.45) is 1.88. The molecule has 0 bridgehead atoms. The van der Waals surface area contributed by atoms with E-state index >= 15 is 0 Å². The molecule has 5 heteroatoms. The third-order valence-corrected chi connectivity index (χ3v) is 4.46. The number of benzene rings is 1. The largest absolute Gasteiger partial charge is 0.376 e. The summed E-state index contributed by atoms with van der Waals surface area (Å²) in [5, 5.41) is 2.96. The molecule has 0 spiro atoms. The van der Waals surface area contributed by atoms with Crippen molar-refractivity contribution in [3.63, 3.8) is 0 Å². The fourth-order valence-corrected chi connectivity index (χ4v) is 3.15. The van der Waals surface area contributed by atoms with Crippen LogP contribution in [0.15, 0.2) is 24.3 Å². The van der Waals surface area contributed by atoms with Crippen LogP contribution in [-0.4, -0.2) is 42.1 Å². The molecule has 2 atom stereocenters. The predicted octanol–water partition coefficient (Wildman–Crippen LogP) is 2.04. The summed E-state index contributed by atoms with van der Waals surface area (Å²) in [5.74, 6) is -0.0863. The first-order valence-corrected chi connectivity index (χ1v) is 8.89. The van der Waals surface area contributed by atoms with Crippen LogP contribution < -0.4 is 11.1 Å². The van der Waals surface area contributed by atoms with E-state index in [1.165, 1.54) is 5.56 Å². The van der Waals surface area contributed by atoms with E-state index in [0.717, 1.165) is 38.2 Å². The molecular formula is C19H31N3O2. The number of rotatable bonds is 7. The SMILES string of the molecule is CCCC(C)(N)C(=O)NCc1cccc(CN2CCOC(C)C2)c1. The molecule has 1 saturated heterocycles. The van der Waals surface area contributed by atoms with Crippen molar-refractivity contribution in [2.75, 3.05) is 19.7 Å². The van der Waals surface area contributed by atoms with Crippen molar-refractivity contribution in [1.29, 1.82) is 0 Å². The van der Waals surface area contributed by atoms with Crippen LogP contribution in [0.4, 0.5) is 0 Å². The van der Waals surface area contributed by atoms with Gasteiger partial charge in [0.15, 0.2) is 0 Å². The molecule has 0 saturated carbocycles. The number of nitrogens with zero attached hydrogens (tertiary/aromatic N) is 1. The summed E-state index contributed by atoms with van der Waals surface area (Å²) in [6.45, 7) is 10.1. The standard InChI is InChI=1S/C19H31N3O2/c1-4-8-19(3,20)18(23)21-12-16-6-5-7-17(11-16)14-22-9-10-24-15(2)13-22/h5-7,11,15H,4,8-10,12-14,20H2,1-3H3,(H,21,23). The minimum atomic E-state index is -0.795. The van der Waals surface area contributed by atoms with Crippen LogP contribution >= 0.6 is 0 Å². The van der Waals surface area contributed by atoms with Crippen molar-refractivity contribution in [3.8, 4) is 0 Å². The van der Waals surface area contributed by atoms with Gasteiger partial charge in [-0.2, -0.15) is 0 Å². The maximum atomic E-state index is 12.2. The second kappa shape index (κ2) is 8.60. The highest BCUT2D eigenvalue weighted by molar-refractivity contribution is 5.85. The predicted molar refractivity (Wildman–Crippen MR) is 96.5 cm³/mol. The first-order valence-electron chi connectivity index (χ1n) is 8.89. The molecule has 134 valence electrons. The molecule has 1 aromatic carbocycles. The second-order valence-electron chi connectivity index (χ2n) is 7.09. The van der Waals surface area contributed by atoms with Crippen molar-refractivity contribution < 1.29 is 9.53 Å². The smallest absolute Gasteiger partial charge is 0.240 e. The van der Waals surface area contributed by atoms with Gasteiger partial charge in [0.1, 0.15) is 0 Å². The quantitative estimate of drug-likeness (QED) is 0.801. The van der Waals surface area contributed by atoms with Crippen LogP contribution in [-0.2, 0) is 22.6 Å². The minimum absolute atomic E-state index is 0.0863. The first-order chi connectivity index (χ1) is 11.4. The number of carbonyl (C=O) groups excluding carboxylic acids is 1. The maximum Gasteiger partial charge on any atom is 0.240 e. The van der Waals surface area contributed by atoms with Crippen molar-refractivity contribution in [2.24, 2.45) is 5.73 Å². The summed E-state index contributed by atoms with van der Waals surface area (Å²) in [7, 11) is 0. The lowest BCUT2D eigenvalue weighted by molar-refractivity contribution is -0.126. The van der Waals surface area contributed by atoms with Gasteiger partial charge in [0.05, 0.1) is 18.2 Å². The lowest BCUT2D eigenvalue weighted by atomic mass is 9.96. The molecule has 1 fully saturated rings. The Bertz CT molecular complexity index is 545. The zero-order valence-electron chi connectivity index (χ0n) is 15.2. The highest BCUT2D eigenvalue weighted by Gasteiger charge is 2.26. The van der Waals surface area contributed by atoms with Crippen LogP contribution in [0.25, 0.3) is 0 Å². The van der Waals surface area contributed by atoms with Crippen molar-refractivity contribution >= 4 is 5.91 Å². The van der Waals surface area contributed by atoms with E-state index in [2.05, 4.69) is 29.3 Å². The molecule has 2 unspecified atom stereocenters. The van der Waals surface area contributed by atoms with E-state index < -0.39 is 5.54 Å². The highest BCUT2D eigenvalue weighted by atomic mass is 16.5. The molecule has 24 heavy (non-hydrogen) atoms. The van der Waals surface area contributed by atoms with Gasteiger partial charge in [-0.25, -0.2) is 0 Å². The number of morpholine rings is 1. The number of carbonyl (C=O) groups is 1. The highest BCUT2D eigenvalue weighted by Crippen LogP contribution is 2.13. The summed E-state index contributed by atoms with van der Waals surface area (Å²) in [4.78, 5) is 14.6. The van der Waals surface area contributed by atoms with E-state index in [0.29, 0.717) is 19.1 Å². The molecule has 5 nitrogen and oxygen atoms in total. The number of nitrogens with two attached hydrogens (primary N) is 1. The second-order valence-corrected chi connectivity index (χ2v) is 7.09. The Morgan fingerprint density at radius 1 is 1.46 bits per heavy atom. The van der Waals surface area contributed by atoms with Gasteiger partial charge in [-0.05, 0) is 31.4 Å². The molecule has 0 aliphatic carbocycles. The van der Waals surface area contributed by atoms with E-state index in [9.17, 15) is 4.79 Å². The molecule has 2 rings (SSSR count). The first kappa shape index (κ1) is 18.9. The van der Waals surface area contributed by atoms with E-state index in [-0.39, 0.29) is 5.91 Å². The maximum absolute atomic E-state index is 12.2. The molecule has 3 N–H and O–H groups in total. The Balaban J connectivity index is 1.89. The zero-order valence-corrected chi connectivity index (χ0v) is 15.2. The summed E-state index contributed by atoms with van der Waals surface area (Å²) in [5.41, 5.74) is 7.65. The van der Waals surface area contributed by atoms with Gasteiger partial charge in [0.25, 0.3) is 0 Å². The molecule has 1 aliphatic rings. The van der Waals surface area contributed by atoms with Gasteiger partial charge in [-0.15, -0.1) is 0 Å². The molecule has 1 amide bonds. The van der Waals surface area contributed by atoms with Crippen LogP contribution in [0.5, 0.6) is 0 Å². The van der Waals surface area contributed by atoms with Gasteiger partial charge < -0.3 is 15.8 Å². The lowest BCUT2D eigenvalue weighted by Crippen LogP contribution is -2.51. The average molecular weight is 333 g/mol. The number of hydrogen-bond acceptors (Lipinski definition) is 4. The topological polar surface area (TPSA) is 67.6 Å². The van der Waals surface area contributed by atoms with E-state index in [1.54, 1.807) is 6.92 Å². The number of hydrogen-bond donors (Lipinski definition) is 2. The third-order valence-electron chi connectivity index (χ3n) is 4.46. The van der Waals surface area contributed by atoms with Crippen molar-refractivity contribution in [2.45, 2.75) is 58.3 Å². The van der Waals surface area contributed by atoms with Crippen molar-refractivity contribution in [1.82, 2.24) is 10.2 Å². The normalized spacial score (nSPS) is 21.2. The fraction of sp³-hybridized carbons (Fsp3) is 0.632. The number of ether oxygens (including phenoxy) is 1. The molecule has 1 aromatic rings. The van der Waals surface area contributed by atoms with Gasteiger partial charge in [0, 0.05) is 26.2 Å². The average Bonchev–Trinajstić information content (AvgIpc) is 2.53. The Morgan fingerprint density at radius 3 is 2.92 bits per heavy atom. The summed E-state index contributed by atoms with van der Waals surface area (Å²) >= 11 is 0. The number of amides is 1. The van der Waals surface area contributed by atoms with Crippen LogP contribution in [0.2, 0.25) is 0 Å². The van der Waals surface area contributed by atoms with Gasteiger partial charge >= 0.3 is 0 Å². The van der Waals surface area contributed by atoms with Crippen LogP contribution in [0.3, 0.4) is 0 Å². The summed E-state index contributed by atoms with van der Waals surface area (Å²) < 4.78 is 5.59. The molecule has 1 heterocycles. The van der Waals surface area contributed by atoms with Gasteiger partial charge in [0.2, 0.25) is 5.91 Å². The number of nitrogens with one attached hydrogen (secondary N) is 1. The van der Waals surface area contributed by atoms with E-state index in [1.807, 2.05) is 19.1 Å². The van der Waals surface area contributed by atoms with Crippen LogP contribution in [0, 0.1) is 0 Å². The lowest BCUT2D eigenvalue weighted by Gasteiger charge is -2.31. The monoisotopic (exact) mass is 333 g/mol. The van der Waals surface area contributed by atoms with E-state index in [4.69, 9.17) is 10.5 Å². The molecule has 0 aromatic heterocycles. The third kappa shape index (κ3) is 5.58. The molecule has 1 aliphatic heterocycles. The Kier molecular flexibility index (Phi) is 6.78. The Labute approximate surface area is 145 Å². The zero-order chi connectivity index (χ0) is 17.6. The van der Waals surface area contributed by atoms with Crippen LogP contribution in [0.1, 0.15) is 44.7 Å². The van der Waals surface area contributed by atoms with Gasteiger partial charge in [-0.3, -0.25) is 9.69 Å². The molecular weight excluding hydrogens is 302 g/mol. The fourth-order valence-electron chi connectivity index (χ4n) is 3.15. The summed E-state index contributed by atoms with van der Waals surface area (Å²) in [6, 6.07) is 8.39. The van der Waals surface area contributed by atoms with Gasteiger partial charge in [-0.1, -0.05) is 37.6 Å². The Morgan fingerprint density at radius 2 is 2.21 bits per heavy atom. The Hall–Kier alpha value is -1.43.